The Morgan fingerprint density at radius 1 is 1.12 bits per heavy atom. The zero-order chi connectivity index (χ0) is 12.5. The summed E-state index contributed by atoms with van der Waals surface area (Å²) >= 11 is 0. The van der Waals surface area contributed by atoms with Crippen molar-refractivity contribution in [2.75, 3.05) is 6.61 Å². The predicted molar refractivity (Wildman–Crippen MR) is 44.5 cm³/mol. The summed E-state index contributed by atoms with van der Waals surface area (Å²) in [6.07, 6.45) is -8.37. The van der Waals surface area contributed by atoms with Gasteiger partial charge in [-0.25, -0.2) is 8.42 Å². The zero-order valence-electron chi connectivity index (χ0n) is 7.83. The molecule has 10 heteroatoms. The van der Waals surface area contributed by atoms with Crippen LogP contribution >= 0.6 is 0 Å². The summed E-state index contributed by atoms with van der Waals surface area (Å²) < 4.78 is 38.7. The van der Waals surface area contributed by atoms with Crippen LogP contribution in [0.2, 0.25) is 0 Å². The van der Waals surface area contributed by atoms with Crippen molar-refractivity contribution >= 4 is 10.4 Å². The number of hydrogen-bond donors (Lipinski definition) is 4. The molecule has 0 aromatic heterocycles. The molecule has 0 amide bonds. The Kier molecular flexibility index (Phi) is 4.20. The Hall–Kier alpha value is -0.330. The molecular weight excluding hydrogens is 248 g/mol. The summed E-state index contributed by atoms with van der Waals surface area (Å²) in [5.41, 5.74) is 0. The van der Waals surface area contributed by atoms with E-state index in [2.05, 4.69) is 8.92 Å². The number of rotatable bonds is 3. The van der Waals surface area contributed by atoms with Crippen LogP contribution in [0.3, 0.4) is 0 Å². The van der Waals surface area contributed by atoms with Gasteiger partial charge in [0.05, 0.1) is 6.61 Å². The molecule has 9 nitrogen and oxygen atoms in total. The van der Waals surface area contributed by atoms with Gasteiger partial charge in [0.25, 0.3) is 0 Å². The molecule has 0 bridgehead atoms. The van der Waals surface area contributed by atoms with E-state index in [9.17, 15) is 23.2 Å². The van der Waals surface area contributed by atoms with Crippen molar-refractivity contribution in [1.29, 1.82) is 0 Å². The van der Waals surface area contributed by atoms with Crippen molar-refractivity contribution in [3.63, 3.8) is 0 Å². The summed E-state index contributed by atoms with van der Waals surface area (Å²) in [7, 11) is -4.96. The lowest BCUT2D eigenvalue weighted by Gasteiger charge is -2.38. The minimum Gasteiger partial charge on any atom is -0.726 e. The van der Waals surface area contributed by atoms with Crippen LogP contribution in [0, 0.1) is 0 Å². The highest BCUT2D eigenvalue weighted by Gasteiger charge is 2.43. The summed E-state index contributed by atoms with van der Waals surface area (Å²) in [5.74, 6) is 0. The lowest BCUT2D eigenvalue weighted by atomic mass is 10.00. The highest BCUT2D eigenvalue weighted by atomic mass is 32.3. The summed E-state index contributed by atoms with van der Waals surface area (Å²) in [6.45, 7) is -0.867. The second-order valence-corrected chi connectivity index (χ2v) is 4.28. The zero-order valence-corrected chi connectivity index (χ0v) is 8.65. The molecule has 96 valence electrons. The Labute approximate surface area is 90.8 Å². The van der Waals surface area contributed by atoms with Crippen molar-refractivity contribution in [3.05, 3.63) is 0 Å². The molecule has 0 aromatic carbocycles. The van der Waals surface area contributed by atoms with Crippen LogP contribution in [0.25, 0.3) is 0 Å². The third kappa shape index (κ3) is 3.33. The molecule has 0 spiro atoms. The van der Waals surface area contributed by atoms with E-state index < -0.39 is 47.7 Å². The van der Waals surface area contributed by atoms with Crippen molar-refractivity contribution in [2.45, 2.75) is 30.7 Å². The van der Waals surface area contributed by atoms with Crippen LogP contribution in [0.1, 0.15) is 0 Å². The SMILES string of the molecule is O=S(=O)([O-])OCC1OC(O)C(O)C(O)C1O. The summed E-state index contributed by atoms with van der Waals surface area (Å²) in [4.78, 5) is 0. The number of aliphatic hydroxyl groups excluding tert-OH is 4. The van der Waals surface area contributed by atoms with Crippen molar-refractivity contribution in [3.8, 4) is 0 Å². The topological polar surface area (TPSA) is 157 Å². The maximum atomic E-state index is 10.1. The third-order valence-electron chi connectivity index (χ3n) is 2.06. The van der Waals surface area contributed by atoms with Crippen LogP contribution in [-0.4, -0.2) is 70.7 Å². The quantitative estimate of drug-likeness (QED) is 0.295. The lowest BCUT2D eigenvalue weighted by Crippen LogP contribution is -2.58. The van der Waals surface area contributed by atoms with Gasteiger partial charge in [-0.1, -0.05) is 0 Å². The average molecular weight is 259 g/mol. The molecule has 0 radical (unpaired) electrons. The Morgan fingerprint density at radius 3 is 2.19 bits per heavy atom. The molecule has 5 atom stereocenters. The van der Waals surface area contributed by atoms with Gasteiger partial charge in [-0.15, -0.1) is 0 Å². The van der Waals surface area contributed by atoms with Gasteiger partial charge in [0.2, 0.25) is 10.4 Å². The molecule has 0 aromatic rings. The highest BCUT2D eigenvalue weighted by molar-refractivity contribution is 7.80. The highest BCUT2D eigenvalue weighted by Crippen LogP contribution is 2.20. The molecular formula is C6H11O9S-. The van der Waals surface area contributed by atoms with Gasteiger partial charge in [0.1, 0.15) is 24.4 Å². The van der Waals surface area contributed by atoms with E-state index in [1.54, 1.807) is 0 Å². The van der Waals surface area contributed by atoms with Crippen molar-refractivity contribution in [2.24, 2.45) is 0 Å². The molecule has 1 fully saturated rings. The lowest BCUT2D eigenvalue weighted by molar-refractivity contribution is -0.285. The largest absolute Gasteiger partial charge is 0.726 e. The van der Waals surface area contributed by atoms with Gasteiger partial charge in [-0.2, -0.15) is 0 Å². The van der Waals surface area contributed by atoms with E-state index in [4.69, 9.17) is 10.2 Å². The molecule has 1 aliphatic rings. The standard InChI is InChI=1S/C6H12O9S/c7-3-2(1-14-16(11,12)13)15-6(10)5(9)4(3)8/h2-10H,1H2,(H,11,12,13)/p-1. The van der Waals surface area contributed by atoms with Crippen molar-refractivity contribution < 1.29 is 42.3 Å². The first kappa shape index (κ1) is 13.7. The van der Waals surface area contributed by atoms with Crippen LogP contribution in [0.5, 0.6) is 0 Å². The first-order valence-electron chi connectivity index (χ1n) is 4.20. The molecule has 0 aliphatic carbocycles. The van der Waals surface area contributed by atoms with Crippen molar-refractivity contribution in [1.82, 2.24) is 0 Å². The van der Waals surface area contributed by atoms with E-state index in [0.29, 0.717) is 0 Å². The number of ether oxygens (including phenoxy) is 1. The molecule has 0 saturated carbocycles. The molecule has 1 saturated heterocycles. The maximum Gasteiger partial charge on any atom is 0.217 e. The van der Waals surface area contributed by atoms with Gasteiger partial charge in [-0.3, -0.25) is 4.18 Å². The smallest absolute Gasteiger partial charge is 0.217 e. The van der Waals surface area contributed by atoms with Gasteiger partial charge in [-0.05, 0) is 0 Å². The fraction of sp³-hybridized carbons (Fsp3) is 1.00. The van der Waals surface area contributed by atoms with Crippen LogP contribution in [0.15, 0.2) is 0 Å². The third-order valence-corrected chi connectivity index (χ3v) is 2.49. The molecule has 1 aliphatic heterocycles. The van der Waals surface area contributed by atoms with E-state index >= 15 is 0 Å². The summed E-state index contributed by atoms with van der Waals surface area (Å²) in [5, 5.41) is 36.6. The van der Waals surface area contributed by atoms with Gasteiger partial charge in [0, 0.05) is 0 Å². The van der Waals surface area contributed by atoms with Crippen LogP contribution in [0.4, 0.5) is 0 Å². The maximum absolute atomic E-state index is 10.1. The second kappa shape index (κ2) is 4.89. The van der Waals surface area contributed by atoms with Gasteiger partial charge >= 0.3 is 0 Å². The minimum absolute atomic E-state index is 0.867. The molecule has 1 rings (SSSR count). The molecule has 16 heavy (non-hydrogen) atoms. The first-order chi connectivity index (χ1) is 7.22. The second-order valence-electron chi connectivity index (χ2n) is 3.23. The van der Waals surface area contributed by atoms with E-state index in [0.717, 1.165) is 0 Å². The Bertz CT molecular complexity index is 327. The minimum atomic E-state index is -4.96. The number of aliphatic hydroxyl groups is 4. The number of hydrogen-bond acceptors (Lipinski definition) is 9. The van der Waals surface area contributed by atoms with Crippen LogP contribution in [-0.2, 0) is 19.3 Å². The fourth-order valence-electron chi connectivity index (χ4n) is 1.22. The monoisotopic (exact) mass is 259 g/mol. The molecule has 4 N–H and O–H groups in total. The van der Waals surface area contributed by atoms with Gasteiger partial charge in [0.15, 0.2) is 6.29 Å². The predicted octanol–water partition coefficient (Wildman–Crippen LogP) is -3.74. The average Bonchev–Trinajstić information content (AvgIpc) is 2.17. The van der Waals surface area contributed by atoms with Crippen LogP contribution < -0.4 is 0 Å². The van der Waals surface area contributed by atoms with E-state index in [1.165, 1.54) is 0 Å². The Morgan fingerprint density at radius 2 is 1.69 bits per heavy atom. The fourth-order valence-corrected chi connectivity index (χ4v) is 1.52. The van der Waals surface area contributed by atoms with E-state index in [1.807, 2.05) is 0 Å². The normalized spacial score (nSPS) is 40.9. The summed E-state index contributed by atoms with van der Waals surface area (Å²) in [6, 6.07) is 0. The Balaban J connectivity index is 2.61. The first-order valence-corrected chi connectivity index (χ1v) is 5.53. The van der Waals surface area contributed by atoms with Gasteiger partial charge < -0.3 is 29.7 Å². The van der Waals surface area contributed by atoms with E-state index in [-0.39, 0.29) is 0 Å². The molecule has 1 heterocycles. The molecule has 5 unspecified atom stereocenters.